The molecule has 6 heteroatoms. The van der Waals surface area contributed by atoms with Crippen LogP contribution >= 0.6 is 0 Å². The van der Waals surface area contributed by atoms with Crippen LogP contribution in [0.2, 0.25) is 0 Å². The summed E-state index contributed by atoms with van der Waals surface area (Å²) in [5.74, 6) is -3.18. The zero-order valence-corrected chi connectivity index (χ0v) is 9.62. The zero-order valence-electron chi connectivity index (χ0n) is 9.62. The standard InChI is InChI=1S/C12H12O6/c1-7(6-10(13)14)18-12(17)9-5-3-2-4-8(9)11(15)16/h2-5,7H,6H2,1H3,(H,13,14)(H,15,16). The van der Waals surface area contributed by atoms with Crippen molar-refractivity contribution in [3.63, 3.8) is 0 Å². The number of hydrogen-bond donors (Lipinski definition) is 2. The van der Waals surface area contributed by atoms with Gasteiger partial charge in [0.25, 0.3) is 0 Å². The highest BCUT2D eigenvalue weighted by Gasteiger charge is 2.20. The molecule has 18 heavy (non-hydrogen) atoms. The van der Waals surface area contributed by atoms with Crippen molar-refractivity contribution in [2.45, 2.75) is 19.4 Å². The Kier molecular flexibility index (Phi) is 4.42. The second kappa shape index (κ2) is 5.81. The van der Waals surface area contributed by atoms with E-state index < -0.39 is 24.0 Å². The minimum absolute atomic E-state index is 0.0951. The van der Waals surface area contributed by atoms with Crippen molar-refractivity contribution in [1.82, 2.24) is 0 Å². The molecule has 96 valence electrons. The first-order chi connectivity index (χ1) is 8.41. The van der Waals surface area contributed by atoms with E-state index in [1.165, 1.54) is 31.2 Å². The van der Waals surface area contributed by atoms with Gasteiger partial charge in [-0.2, -0.15) is 0 Å². The van der Waals surface area contributed by atoms with E-state index in [9.17, 15) is 14.4 Å². The predicted octanol–water partition coefficient (Wildman–Crippen LogP) is 1.40. The third kappa shape index (κ3) is 3.58. The van der Waals surface area contributed by atoms with Crippen LogP contribution in [-0.4, -0.2) is 34.2 Å². The van der Waals surface area contributed by atoms with Gasteiger partial charge in [0, 0.05) is 0 Å². The molecule has 0 heterocycles. The second-order valence-corrected chi connectivity index (χ2v) is 3.66. The fraction of sp³-hybridized carbons (Fsp3) is 0.250. The van der Waals surface area contributed by atoms with Crippen LogP contribution < -0.4 is 0 Å². The van der Waals surface area contributed by atoms with Crippen molar-refractivity contribution in [2.75, 3.05) is 0 Å². The molecular formula is C12H12O6. The molecule has 1 aromatic carbocycles. The molecule has 0 amide bonds. The van der Waals surface area contributed by atoms with Gasteiger partial charge in [0.05, 0.1) is 17.5 Å². The van der Waals surface area contributed by atoms with Gasteiger partial charge in [-0.1, -0.05) is 12.1 Å². The lowest BCUT2D eigenvalue weighted by Gasteiger charge is -2.12. The Morgan fingerprint density at radius 1 is 1.17 bits per heavy atom. The molecule has 0 aliphatic rings. The monoisotopic (exact) mass is 252 g/mol. The highest BCUT2D eigenvalue weighted by atomic mass is 16.5. The summed E-state index contributed by atoms with van der Waals surface area (Å²) in [7, 11) is 0. The van der Waals surface area contributed by atoms with Crippen LogP contribution in [0.3, 0.4) is 0 Å². The third-order valence-corrected chi connectivity index (χ3v) is 2.15. The lowest BCUT2D eigenvalue weighted by molar-refractivity contribution is -0.138. The SMILES string of the molecule is CC(CC(=O)O)OC(=O)c1ccccc1C(=O)O. The van der Waals surface area contributed by atoms with Gasteiger partial charge in [-0.3, -0.25) is 4.79 Å². The Morgan fingerprint density at radius 3 is 2.22 bits per heavy atom. The van der Waals surface area contributed by atoms with Gasteiger partial charge in [-0.05, 0) is 19.1 Å². The average molecular weight is 252 g/mol. The summed E-state index contributed by atoms with van der Waals surface area (Å²) in [6.07, 6.45) is -1.15. The lowest BCUT2D eigenvalue weighted by atomic mass is 10.1. The van der Waals surface area contributed by atoms with Crippen molar-refractivity contribution < 1.29 is 29.3 Å². The average Bonchev–Trinajstić information content (AvgIpc) is 2.27. The normalized spacial score (nSPS) is 11.6. The Balaban J connectivity index is 2.84. The highest BCUT2D eigenvalue weighted by molar-refractivity contribution is 6.02. The number of benzene rings is 1. The van der Waals surface area contributed by atoms with E-state index in [1.807, 2.05) is 0 Å². The van der Waals surface area contributed by atoms with Gasteiger partial charge in [0.2, 0.25) is 0 Å². The Bertz CT molecular complexity index is 479. The molecule has 0 radical (unpaired) electrons. The van der Waals surface area contributed by atoms with Crippen molar-refractivity contribution >= 4 is 17.9 Å². The molecule has 0 aromatic heterocycles. The zero-order chi connectivity index (χ0) is 13.7. The van der Waals surface area contributed by atoms with Gasteiger partial charge >= 0.3 is 17.9 Å². The Labute approximate surface area is 103 Å². The van der Waals surface area contributed by atoms with Crippen molar-refractivity contribution in [3.05, 3.63) is 35.4 Å². The summed E-state index contributed by atoms with van der Waals surface area (Å²) in [6.45, 7) is 1.43. The summed E-state index contributed by atoms with van der Waals surface area (Å²) in [5.41, 5.74) is -0.271. The van der Waals surface area contributed by atoms with E-state index in [-0.39, 0.29) is 17.5 Å². The number of rotatable bonds is 5. The molecule has 1 unspecified atom stereocenters. The third-order valence-electron chi connectivity index (χ3n) is 2.15. The Morgan fingerprint density at radius 2 is 1.72 bits per heavy atom. The number of aromatic carboxylic acids is 1. The van der Waals surface area contributed by atoms with E-state index in [2.05, 4.69) is 0 Å². The summed E-state index contributed by atoms with van der Waals surface area (Å²) in [5, 5.41) is 17.4. The van der Waals surface area contributed by atoms with E-state index in [4.69, 9.17) is 14.9 Å². The maximum absolute atomic E-state index is 11.7. The fourth-order valence-electron chi connectivity index (χ4n) is 1.38. The first-order valence-electron chi connectivity index (χ1n) is 5.17. The molecule has 0 bridgehead atoms. The summed E-state index contributed by atoms with van der Waals surface area (Å²) < 4.78 is 4.85. The predicted molar refractivity (Wildman–Crippen MR) is 60.5 cm³/mol. The molecule has 0 spiro atoms. The topological polar surface area (TPSA) is 101 Å². The fourth-order valence-corrected chi connectivity index (χ4v) is 1.38. The van der Waals surface area contributed by atoms with Crippen LogP contribution in [0.25, 0.3) is 0 Å². The molecule has 1 atom stereocenters. The van der Waals surface area contributed by atoms with Crippen molar-refractivity contribution in [2.24, 2.45) is 0 Å². The molecule has 2 N–H and O–H groups in total. The van der Waals surface area contributed by atoms with E-state index >= 15 is 0 Å². The van der Waals surface area contributed by atoms with E-state index in [0.717, 1.165) is 0 Å². The maximum atomic E-state index is 11.7. The molecule has 0 saturated heterocycles. The molecule has 0 fully saturated rings. The molecule has 1 rings (SSSR count). The first-order valence-corrected chi connectivity index (χ1v) is 5.17. The number of carbonyl (C=O) groups is 3. The molecule has 0 saturated carbocycles. The van der Waals surface area contributed by atoms with Crippen LogP contribution in [-0.2, 0) is 9.53 Å². The summed E-state index contributed by atoms with van der Waals surface area (Å²) in [4.78, 5) is 33.0. The van der Waals surface area contributed by atoms with Crippen molar-refractivity contribution in [3.8, 4) is 0 Å². The van der Waals surface area contributed by atoms with Crippen LogP contribution in [0.4, 0.5) is 0 Å². The largest absolute Gasteiger partial charge is 0.481 e. The molecule has 1 aromatic rings. The number of aliphatic carboxylic acids is 1. The quantitative estimate of drug-likeness (QED) is 0.768. The van der Waals surface area contributed by atoms with Crippen LogP contribution in [0, 0.1) is 0 Å². The number of carboxylic acid groups (broad SMARTS) is 2. The second-order valence-electron chi connectivity index (χ2n) is 3.66. The van der Waals surface area contributed by atoms with E-state index in [0.29, 0.717) is 0 Å². The first kappa shape index (κ1) is 13.7. The van der Waals surface area contributed by atoms with Gasteiger partial charge in [-0.25, -0.2) is 9.59 Å². The smallest absolute Gasteiger partial charge is 0.339 e. The Hall–Kier alpha value is -2.37. The lowest BCUT2D eigenvalue weighted by Crippen LogP contribution is -2.20. The number of carboxylic acids is 2. The molecule has 6 nitrogen and oxygen atoms in total. The summed E-state index contributed by atoms with van der Waals surface area (Å²) >= 11 is 0. The minimum Gasteiger partial charge on any atom is -0.481 e. The van der Waals surface area contributed by atoms with Crippen LogP contribution in [0.15, 0.2) is 24.3 Å². The van der Waals surface area contributed by atoms with Gasteiger partial charge in [0.1, 0.15) is 6.10 Å². The van der Waals surface area contributed by atoms with E-state index in [1.54, 1.807) is 0 Å². The van der Waals surface area contributed by atoms with Crippen LogP contribution in [0.5, 0.6) is 0 Å². The van der Waals surface area contributed by atoms with Gasteiger partial charge in [0.15, 0.2) is 0 Å². The minimum atomic E-state index is -1.24. The maximum Gasteiger partial charge on any atom is 0.339 e. The molecule has 0 aliphatic heterocycles. The number of ether oxygens (including phenoxy) is 1. The van der Waals surface area contributed by atoms with Gasteiger partial charge in [-0.15, -0.1) is 0 Å². The molecule has 0 aliphatic carbocycles. The number of esters is 1. The van der Waals surface area contributed by atoms with Gasteiger partial charge < -0.3 is 14.9 Å². The van der Waals surface area contributed by atoms with Crippen LogP contribution in [0.1, 0.15) is 34.1 Å². The highest BCUT2D eigenvalue weighted by Crippen LogP contribution is 2.12. The number of hydrogen-bond acceptors (Lipinski definition) is 4. The van der Waals surface area contributed by atoms with Crippen molar-refractivity contribution in [1.29, 1.82) is 0 Å². The summed E-state index contributed by atoms with van der Waals surface area (Å²) in [6, 6.07) is 5.59. The number of carbonyl (C=O) groups excluding carboxylic acids is 1. The molecular weight excluding hydrogens is 240 g/mol.